The highest BCUT2D eigenvalue weighted by molar-refractivity contribution is 6.09. The Labute approximate surface area is 279 Å². The lowest BCUT2D eigenvalue weighted by atomic mass is 9.90. The van der Waals surface area contributed by atoms with Gasteiger partial charge in [-0.25, -0.2) is 0 Å². The molecule has 1 aromatic heterocycles. The average Bonchev–Trinajstić information content (AvgIpc) is 3.54. The van der Waals surface area contributed by atoms with Crippen LogP contribution in [-0.4, -0.2) is 0 Å². The van der Waals surface area contributed by atoms with Crippen molar-refractivity contribution in [2.24, 2.45) is 0 Å². The molecule has 0 saturated carbocycles. The summed E-state index contributed by atoms with van der Waals surface area (Å²) in [6.45, 7) is 0. The molecule has 0 spiro atoms. The van der Waals surface area contributed by atoms with Crippen LogP contribution in [0.3, 0.4) is 0 Å². The van der Waals surface area contributed by atoms with Crippen LogP contribution in [0.25, 0.3) is 66.1 Å². The largest absolute Gasteiger partial charge is 0.456 e. The molecule has 2 nitrogen and oxygen atoms in total. The second kappa shape index (κ2) is 11.8. The molecular formula is C46H31NO. The molecule has 0 unspecified atom stereocenters. The van der Waals surface area contributed by atoms with Gasteiger partial charge in [0.05, 0.1) is 5.69 Å². The van der Waals surface area contributed by atoms with Crippen molar-refractivity contribution in [3.63, 3.8) is 0 Å². The second-order valence-electron chi connectivity index (χ2n) is 12.1. The van der Waals surface area contributed by atoms with Gasteiger partial charge in [0.1, 0.15) is 11.2 Å². The van der Waals surface area contributed by atoms with Crippen molar-refractivity contribution in [1.29, 1.82) is 0 Å². The van der Waals surface area contributed by atoms with Gasteiger partial charge in [0, 0.05) is 27.7 Å². The maximum atomic E-state index is 6.09. The van der Waals surface area contributed by atoms with Gasteiger partial charge in [0.2, 0.25) is 0 Å². The number of nitrogens with zero attached hydrogens (tertiary/aromatic N) is 1. The first-order valence-corrected chi connectivity index (χ1v) is 16.4. The first kappa shape index (κ1) is 27.9. The van der Waals surface area contributed by atoms with E-state index in [0.29, 0.717) is 0 Å². The number of furan rings is 1. The summed E-state index contributed by atoms with van der Waals surface area (Å²) >= 11 is 0. The van der Waals surface area contributed by atoms with Gasteiger partial charge in [-0.15, -0.1) is 0 Å². The van der Waals surface area contributed by atoms with Crippen molar-refractivity contribution in [3.05, 3.63) is 188 Å². The van der Waals surface area contributed by atoms with E-state index >= 15 is 0 Å². The first-order chi connectivity index (χ1) is 23.8. The number of hydrogen-bond donors (Lipinski definition) is 0. The van der Waals surface area contributed by atoms with Crippen molar-refractivity contribution in [1.82, 2.24) is 0 Å². The Hall–Kier alpha value is -6.38. The van der Waals surface area contributed by atoms with E-state index in [4.69, 9.17) is 4.42 Å². The minimum Gasteiger partial charge on any atom is -0.456 e. The molecule has 9 rings (SSSR count). The fraction of sp³-hybridized carbons (Fsp3) is 0. The Morgan fingerprint density at radius 2 is 0.958 bits per heavy atom. The predicted octanol–water partition coefficient (Wildman–Crippen LogP) is 13.2. The number of fused-ring (bicyclic) bond motifs is 4. The van der Waals surface area contributed by atoms with Crippen LogP contribution in [-0.2, 0) is 0 Å². The van der Waals surface area contributed by atoms with Crippen LogP contribution in [0.2, 0.25) is 0 Å². The lowest BCUT2D eigenvalue weighted by Gasteiger charge is -2.28. The molecule has 9 aromatic rings. The third-order valence-electron chi connectivity index (χ3n) is 9.27. The summed E-state index contributed by atoms with van der Waals surface area (Å²) in [5, 5.41) is 4.75. The summed E-state index contributed by atoms with van der Waals surface area (Å²) < 4.78 is 6.09. The van der Waals surface area contributed by atoms with E-state index in [1.54, 1.807) is 0 Å². The number of hydrogen-bond acceptors (Lipinski definition) is 2. The molecule has 226 valence electrons. The van der Waals surface area contributed by atoms with Gasteiger partial charge < -0.3 is 9.32 Å². The second-order valence-corrected chi connectivity index (χ2v) is 12.1. The zero-order chi connectivity index (χ0) is 31.9. The van der Waals surface area contributed by atoms with Gasteiger partial charge in [-0.2, -0.15) is 0 Å². The number of rotatable bonds is 6. The first-order valence-electron chi connectivity index (χ1n) is 16.4. The molecule has 0 atom stereocenters. The van der Waals surface area contributed by atoms with Crippen LogP contribution >= 0.6 is 0 Å². The van der Waals surface area contributed by atoms with E-state index < -0.39 is 0 Å². The Kier molecular flexibility index (Phi) is 6.84. The van der Waals surface area contributed by atoms with Crippen molar-refractivity contribution in [3.8, 4) is 33.4 Å². The van der Waals surface area contributed by atoms with Crippen LogP contribution < -0.4 is 4.90 Å². The third-order valence-corrected chi connectivity index (χ3v) is 9.27. The van der Waals surface area contributed by atoms with Gasteiger partial charge in [-0.3, -0.25) is 0 Å². The van der Waals surface area contributed by atoms with Crippen molar-refractivity contribution in [2.45, 2.75) is 0 Å². The quantitative estimate of drug-likeness (QED) is 0.185. The molecule has 8 aromatic carbocycles. The Balaban J connectivity index is 1.19. The smallest absolute Gasteiger partial charge is 0.135 e. The molecule has 0 bridgehead atoms. The molecule has 0 saturated heterocycles. The lowest BCUT2D eigenvalue weighted by molar-refractivity contribution is 0.669. The molecule has 0 radical (unpaired) electrons. The van der Waals surface area contributed by atoms with E-state index in [0.717, 1.165) is 50.1 Å². The minimum absolute atomic E-state index is 0.910. The molecule has 1 heterocycles. The predicted molar refractivity (Wildman–Crippen MR) is 202 cm³/mol. The highest BCUT2D eigenvalue weighted by atomic mass is 16.3. The molecule has 48 heavy (non-hydrogen) atoms. The molecule has 2 heteroatoms. The van der Waals surface area contributed by atoms with Gasteiger partial charge in [-0.1, -0.05) is 140 Å². The van der Waals surface area contributed by atoms with Crippen molar-refractivity contribution >= 4 is 49.8 Å². The van der Waals surface area contributed by atoms with E-state index in [-0.39, 0.29) is 0 Å². The van der Waals surface area contributed by atoms with E-state index in [9.17, 15) is 0 Å². The van der Waals surface area contributed by atoms with Crippen LogP contribution in [0.1, 0.15) is 0 Å². The topological polar surface area (TPSA) is 16.4 Å². The van der Waals surface area contributed by atoms with E-state index in [2.05, 4.69) is 181 Å². The molecule has 0 amide bonds. The third kappa shape index (κ3) is 4.83. The average molecular weight is 614 g/mol. The summed E-state index contributed by atoms with van der Waals surface area (Å²) in [4.78, 5) is 2.37. The Bertz CT molecular complexity index is 2540. The van der Waals surface area contributed by atoms with Crippen LogP contribution in [0.15, 0.2) is 192 Å². The summed E-state index contributed by atoms with van der Waals surface area (Å²) in [7, 11) is 0. The van der Waals surface area contributed by atoms with Gasteiger partial charge in [-0.05, 0) is 87.1 Å². The summed E-state index contributed by atoms with van der Waals surface area (Å²) in [6, 6.07) is 67.0. The summed E-state index contributed by atoms with van der Waals surface area (Å²) in [6.07, 6.45) is 0. The van der Waals surface area contributed by atoms with Gasteiger partial charge in [0.25, 0.3) is 0 Å². The van der Waals surface area contributed by atoms with Gasteiger partial charge >= 0.3 is 0 Å². The van der Waals surface area contributed by atoms with Crippen LogP contribution in [0.4, 0.5) is 17.1 Å². The SMILES string of the molecule is c1ccc(-c2cccc3cccc(-c4ccccc4N(c4ccccc4)c4ccc(-c5ccc6oc7ccccc7c6c5)cc4)c23)cc1. The lowest BCUT2D eigenvalue weighted by Crippen LogP contribution is -2.11. The fourth-order valence-electron chi connectivity index (χ4n) is 7.03. The number of para-hydroxylation sites is 3. The molecule has 0 aliphatic rings. The Morgan fingerprint density at radius 3 is 1.77 bits per heavy atom. The summed E-state index contributed by atoms with van der Waals surface area (Å²) in [5.41, 5.74) is 12.3. The monoisotopic (exact) mass is 613 g/mol. The highest BCUT2D eigenvalue weighted by Crippen LogP contribution is 2.45. The zero-order valence-electron chi connectivity index (χ0n) is 26.3. The van der Waals surface area contributed by atoms with E-state index in [1.807, 2.05) is 12.1 Å². The van der Waals surface area contributed by atoms with E-state index in [1.165, 1.54) is 33.0 Å². The number of benzene rings is 8. The minimum atomic E-state index is 0.910. The molecule has 0 aliphatic heterocycles. The fourth-order valence-corrected chi connectivity index (χ4v) is 7.03. The van der Waals surface area contributed by atoms with Crippen molar-refractivity contribution < 1.29 is 4.42 Å². The maximum absolute atomic E-state index is 6.09. The van der Waals surface area contributed by atoms with Crippen molar-refractivity contribution in [2.75, 3.05) is 4.90 Å². The van der Waals surface area contributed by atoms with Gasteiger partial charge in [0.15, 0.2) is 0 Å². The normalized spacial score (nSPS) is 11.3. The maximum Gasteiger partial charge on any atom is 0.135 e. The molecule has 0 aliphatic carbocycles. The molecule has 0 N–H and O–H groups in total. The van der Waals surface area contributed by atoms with Crippen LogP contribution in [0, 0.1) is 0 Å². The number of anilines is 3. The molecular weight excluding hydrogens is 583 g/mol. The Morgan fingerprint density at radius 1 is 0.354 bits per heavy atom. The standard InChI is InChI=1S/C46H31NO/c1-3-13-33(14-4-1)38-21-11-15-34-16-12-22-41(46(34)38)39-19-7-9-23-43(39)47(36-17-5-2-6-18-36)37-28-25-32(26-29-37)35-27-30-45-42(31-35)40-20-8-10-24-44(40)48-45/h1-31H. The van der Waals surface area contributed by atoms with Crippen LogP contribution in [0.5, 0.6) is 0 Å². The zero-order valence-corrected chi connectivity index (χ0v) is 26.3. The highest BCUT2D eigenvalue weighted by Gasteiger charge is 2.19. The summed E-state index contributed by atoms with van der Waals surface area (Å²) in [5.74, 6) is 0. The molecule has 0 fully saturated rings.